The first kappa shape index (κ1) is 56.0. The van der Waals surface area contributed by atoms with Crippen LogP contribution in [0.1, 0.15) is 76.9 Å². The van der Waals surface area contributed by atoms with Gasteiger partial charge in [0, 0.05) is 103 Å². The fourth-order valence-electron chi connectivity index (χ4n) is 7.73. The van der Waals surface area contributed by atoms with E-state index in [9.17, 15) is 35.1 Å². The Morgan fingerprint density at radius 2 is 1.12 bits per heavy atom. The first-order valence-electron chi connectivity index (χ1n) is 24.3. The standard InChI is InChI=1S/C28H28N6O2.C25H24N6O2.C4H6O3/c1-18(2)7-8-23-15-26(32-28(31-23)21-6-5-10-30-16-21)25-17-34(11-9-29)33-27(25)22-12-19(3)13-24(14-22)36-20(4)35;1-16-10-19(12-21(33)11-16)24-22(15-31(30-24)9-7-26)23-13-20(6-5-17(2)32)28-25(29-23)18-4-3-8-27-14-18;1-3(5)7-4(2)6/h5-6,10,12-18H,7-8,11H2,1-4H3;3-4,8,10-15,17,32-33H,5-6,9H2,1-2H3;1-2H3/t;17-;/m.0./s1. The summed E-state index contributed by atoms with van der Waals surface area (Å²) in [7, 11) is 0. The van der Waals surface area contributed by atoms with Crippen LogP contribution >= 0.6 is 0 Å². The highest BCUT2D eigenvalue weighted by Crippen LogP contribution is 2.36. The van der Waals surface area contributed by atoms with Gasteiger partial charge in [-0.15, -0.1) is 0 Å². The molecule has 0 aliphatic heterocycles. The Kier molecular flexibility index (Phi) is 19.6. The summed E-state index contributed by atoms with van der Waals surface area (Å²) in [5, 5.41) is 47.7. The third-order valence-corrected chi connectivity index (χ3v) is 10.9. The van der Waals surface area contributed by atoms with E-state index in [0.29, 0.717) is 58.9 Å². The number of hydrogen-bond acceptors (Lipinski definition) is 17. The highest BCUT2D eigenvalue weighted by Gasteiger charge is 2.21. The van der Waals surface area contributed by atoms with Crippen molar-refractivity contribution in [1.29, 1.82) is 10.5 Å². The van der Waals surface area contributed by atoms with Gasteiger partial charge in [-0.3, -0.25) is 33.7 Å². The minimum absolute atomic E-state index is 0.0836. The van der Waals surface area contributed by atoms with Crippen molar-refractivity contribution in [1.82, 2.24) is 49.5 Å². The molecule has 0 bridgehead atoms. The number of benzene rings is 2. The number of nitriles is 2. The molecule has 0 radical (unpaired) electrons. The van der Waals surface area contributed by atoms with Gasteiger partial charge in [0.15, 0.2) is 11.6 Å². The van der Waals surface area contributed by atoms with Gasteiger partial charge in [-0.05, 0) is 136 Å². The van der Waals surface area contributed by atoms with Crippen molar-refractivity contribution < 1.29 is 34.1 Å². The normalized spacial score (nSPS) is 11.0. The number of carbonyl (C=O) groups excluding carboxylic acids is 3. The second kappa shape index (κ2) is 26.6. The molecule has 0 saturated heterocycles. The summed E-state index contributed by atoms with van der Waals surface area (Å²) in [4.78, 5) is 58.8. The summed E-state index contributed by atoms with van der Waals surface area (Å²) < 4.78 is 12.5. The number of aliphatic hydroxyl groups is 1. The Bertz CT molecular complexity index is 3360. The van der Waals surface area contributed by atoms with Crippen LogP contribution in [-0.2, 0) is 45.1 Å². The highest BCUT2D eigenvalue weighted by atomic mass is 16.6. The van der Waals surface area contributed by atoms with Gasteiger partial charge in [0.05, 0.1) is 29.6 Å². The van der Waals surface area contributed by atoms with Crippen molar-refractivity contribution in [3.8, 4) is 91.4 Å². The third kappa shape index (κ3) is 16.3. The van der Waals surface area contributed by atoms with Gasteiger partial charge in [-0.25, -0.2) is 19.9 Å². The maximum absolute atomic E-state index is 11.6. The summed E-state index contributed by atoms with van der Waals surface area (Å²) >= 11 is 0. The van der Waals surface area contributed by atoms with Crippen LogP contribution in [0.3, 0.4) is 0 Å². The Morgan fingerprint density at radius 1 is 0.632 bits per heavy atom. The summed E-state index contributed by atoms with van der Waals surface area (Å²) in [5.74, 6) is 0.701. The van der Waals surface area contributed by atoms with Gasteiger partial charge in [-0.1, -0.05) is 13.8 Å². The van der Waals surface area contributed by atoms with Crippen LogP contribution in [0.25, 0.3) is 67.8 Å². The lowest BCUT2D eigenvalue weighted by Gasteiger charge is -2.11. The molecular weight excluding hydrogens is 965 g/mol. The fourth-order valence-corrected chi connectivity index (χ4v) is 7.73. The lowest BCUT2D eigenvalue weighted by Crippen LogP contribution is -2.05. The van der Waals surface area contributed by atoms with Crippen LogP contribution in [0.15, 0.2) is 110 Å². The molecular formula is C57H58N12O7. The molecule has 0 fully saturated rings. The molecule has 76 heavy (non-hydrogen) atoms. The minimum atomic E-state index is -0.562. The number of pyridine rings is 2. The Balaban J connectivity index is 0.000000220. The summed E-state index contributed by atoms with van der Waals surface area (Å²) in [6.07, 6.45) is 13.0. The van der Waals surface area contributed by atoms with Crippen LogP contribution in [0.2, 0.25) is 0 Å². The Morgan fingerprint density at radius 3 is 1.53 bits per heavy atom. The SMILES string of the molecule is CC(=O)OC(C)=O.CC(=O)Oc1cc(C)cc(-c2nn(CC#N)cc2-c2cc(CCC(C)C)nc(-c3cccnc3)n2)c1.Cc1cc(O)cc(-c2nn(CC#N)cc2-c2cc(CC[C@H](C)O)nc(-c3cccnc3)n2)c1. The molecule has 2 N–H and O–H groups in total. The molecule has 0 aliphatic rings. The van der Waals surface area contributed by atoms with Crippen molar-refractivity contribution in [3.63, 3.8) is 0 Å². The number of aliphatic hydroxyl groups excluding tert-OH is 1. The Hall–Kier alpha value is -9.33. The van der Waals surface area contributed by atoms with E-state index in [1.54, 1.807) is 71.5 Å². The first-order valence-corrected chi connectivity index (χ1v) is 24.3. The van der Waals surface area contributed by atoms with Gasteiger partial charge in [-0.2, -0.15) is 20.7 Å². The molecule has 8 aromatic rings. The van der Waals surface area contributed by atoms with Crippen LogP contribution in [0.4, 0.5) is 0 Å². The predicted octanol–water partition coefficient (Wildman–Crippen LogP) is 9.43. The van der Waals surface area contributed by atoms with Crippen molar-refractivity contribution in [3.05, 3.63) is 132 Å². The number of hydrogen-bond donors (Lipinski definition) is 2. The van der Waals surface area contributed by atoms with E-state index >= 15 is 0 Å². The zero-order valence-corrected chi connectivity index (χ0v) is 43.6. The quantitative estimate of drug-likeness (QED) is 0.0549. The number of carbonyl (C=O) groups is 3. The molecule has 0 saturated carbocycles. The van der Waals surface area contributed by atoms with Crippen LogP contribution in [0.5, 0.6) is 11.5 Å². The van der Waals surface area contributed by atoms with Gasteiger partial charge in [0.1, 0.15) is 36.0 Å². The Labute approximate surface area is 440 Å². The molecule has 388 valence electrons. The number of phenolic OH excluding ortho intramolecular Hbond substituents is 1. The summed E-state index contributed by atoms with van der Waals surface area (Å²) in [6, 6.07) is 26.4. The molecule has 0 aliphatic carbocycles. The van der Waals surface area contributed by atoms with E-state index in [1.165, 1.54) is 20.8 Å². The molecule has 0 amide bonds. The average molecular weight is 1020 g/mol. The van der Waals surface area contributed by atoms with Gasteiger partial charge in [0.2, 0.25) is 0 Å². The summed E-state index contributed by atoms with van der Waals surface area (Å²) in [5.41, 5.74) is 10.7. The van der Waals surface area contributed by atoms with Crippen molar-refractivity contribution in [2.75, 3.05) is 0 Å². The molecule has 6 aromatic heterocycles. The summed E-state index contributed by atoms with van der Waals surface area (Å²) in [6.45, 7) is 13.9. The topological polar surface area (TPSA) is 271 Å². The number of aromatic nitrogens is 10. The lowest BCUT2D eigenvalue weighted by molar-refractivity contribution is -0.156. The van der Waals surface area contributed by atoms with E-state index in [1.807, 2.05) is 68.6 Å². The van der Waals surface area contributed by atoms with Crippen LogP contribution in [-0.4, -0.2) is 83.7 Å². The third-order valence-electron chi connectivity index (χ3n) is 10.9. The first-order chi connectivity index (χ1) is 36.4. The lowest BCUT2D eigenvalue weighted by atomic mass is 10.0. The van der Waals surface area contributed by atoms with Gasteiger partial charge < -0.3 is 19.7 Å². The van der Waals surface area contributed by atoms with Crippen molar-refractivity contribution in [2.45, 2.75) is 100 Å². The van der Waals surface area contributed by atoms with Crippen molar-refractivity contribution >= 4 is 17.9 Å². The van der Waals surface area contributed by atoms with Gasteiger partial charge >= 0.3 is 17.9 Å². The number of ether oxygens (including phenoxy) is 2. The number of aromatic hydroxyl groups is 1. The van der Waals surface area contributed by atoms with Crippen molar-refractivity contribution in [2.24, 2.45) is 5.92 Å². The molecule has 0 unspecified atom stereocenters. The molecule has 19 nitrogen and oxygen atoms in total. The zero-order chi connectivity index (χ0) is 54.9. The van der Waals surface area contributed by atoms with Crippen LogP contribution < -0.4 is 4.74 Å². The molecule has 19 heteroatoms. The number of aryl methyl sites for hydroxylation is 4. The van der Waals surface area contributed by atoms with Crippen LogP contribution in [0, 0.1) is 42.4 Å². The maximum Gasteiger partial charge on any atom is 0.310 e. The zero-order valence-electron chi connectivity index (χ0n) is 43.6. The largest absolute Gasteiger partial charge is 0.508 e. The molecule has 6 heterocycles. The second-order valence-corrected chi connectivity index (χ2v) is 18.2. The predicted molar refractivity (Wildman–Crippen MR) is 283 cm³/mol. The maximum atomic E-state index is 11.6. The number of nitrogens with zero attached hydrogens (tertiary/aromatic N) is 12. The number of phenols is 1. The second-order valence-electron chi connectivity index (χ2n) is 18.2. The number of rotatable bonds is 15. The van der Waals surface area contributed by atoms with E-state index in [-0.39, 0.29) is 18.8 Å². The highest BCUT2D eigenvalue weighted by molar-refractivity contribution is 5.83. The van der Waals surface area contributed by atoms with E-state index in [4.69, 9.17) is 29.8 Å². The molecule has 8 rings (SSSR count). The van der Waals surface area contributed by atoms with E-state index in [0.717, 1.165) is 68.7 Å². The molecule has 1 atom stereocenters. The van der Waals surface area contributed by atoms with Gasteiger partial charge in [0.25, 0.3) is 0 Å². The molecule has 2 aromatic carbocycles. The minimum Gasteiger partial charge on any atom is -0.508 e. The smallest absolute Gasteiger partial charge is 0.310 e. The average Bonchev–Trinajstić information content (AvgIpc) is 4.02. The van der Waals surface area contributed by atoms with E-state index in [2.05, 4.69) is 45.8 Å². The van der Waals surface area contributed by atoms with E-state index < -0.39 is 24.0 Å². The number of esters is 3. The monoisotopic (exact) mass is 1020 g/mol. The molecule has 0 spiro atoms. The fraction of sp³-hybridized carbons (Fsp3) is 0.281.